The molecule has 0 spiro atoms. The van der Waals surface area contributed by atoms with E-state index in [1.54, 1.807) is 13.0 Å². The maximum Gasteiger partial charge on any atom is 0.331 e. The maximum absolute atomic E-state index is 12.0. The van der Waals surface area contributed by atoms with Crippen molar-refractivity contribution in [2.24, 2.45) is 0 Å². The van der Waals surface area contributed by atoms with Gasteiger partial charge >= 0.3 is 11.9 Å². The van der Waals surface area contributed by atoms with Crippen LogP contribution in [0.2, 0.25) is 0 Å². The Morgan fingerprint density at radius 1 is 1.04 bits per heavy atom. The number of hydrogen-bond acceptors (Lipinski definition) is 4. The second-order valence-corrected chi connectivity index (χ2v) is 5.75. The zero-order valence-electron chi connectivity index (χ0n) is 14.1. The molecule has 0 aromatic heterocycles. The van der Waals surface area contributed by atoms with E-state index in [0.717, 1.165) is 31.2 Å². The van der Waals surface area contributed by atoms with Gasteiger partial charge in [0.05, 0.1) is 6.61 Å². The van der Waals surface area contributed by atoms with E-state index in [2.05, 4.69) is 0 Å². The van der Waals surface area contributed by atoms with Crippen molar-refractivity contribution in [3.8, 4) is 0 Å². The summed E-state index contributed by atoms with van der Waals surface area (Å²) >= 11 is 0. The standard InChI is InChI=1S/C20H24O4/c1-2-23-20(22)15-17(16-9-5-3-6-10-16)13-14-19(21)24-18-11-7-4-8-12-18/h3,5-6,9-10,13-15,18H,2,4,7-8,11-12H2,1H3/b14-13+,17-15-. The lowest BCUT2D eigenvalue weighted by Crippen LogP contribution is -2.19. The van der Waals surface area contributed by atoms with Crippen molar-refractivity contribution in [2.75, 3.05) is 6.61 Å². The monoisotopic (exact) mass is 328 g/mol. The third kappa shape index (κ3) is 6.03. The summed E-state index contributed by atoms with van der Waals surface area (Å²) in [5, 5.41) is 0. The van der Waals surface area contributed by atoms with E-state index >= 15 is 0 Å². The van der Waals surface area contributed by atoms with Crippen molar-refractivity contribution < 1.29 is 19.1 Å². The van der Waals surface area contributed by atoms with Crippen LogP contribution >= 0.6 is 0 Å². The molecule has 4 heteroatoms. The number of carbonyl (C=O) groups is 2. The van der Waals surface area contributed by atoms with Crippen LogP contribution in [0.5, 0.6) is 0 Å². The summed E-state index contributed by atoms with van der Waals surface area (Å²) in [6.07, 6.45) is 9.70. The van der Waals surface area contributed by atoms with Gasteiger partial charge < -0.3 is 9.47 Å². The molecular weight excluding hydrogens is 304 g/mol. The SMILES string of the molecule is CCOC(=O)/C=C(/C=C/C(=O)OC1CCCCC1)c1ccccc1. The van der Waals surface area contributed by atoms with E-state index in [9.17, 15) is 9.59 Å². The first-order valence-electron chi connectivity index (χ1n) is 8.51. The predicted octanol–water partition coefficient (Wildman–Crippen LogP) is 4.07. The van der Waals surface area contributed by atoms with Gasteiger partial charge in [-0.15, -0.1) is 0 Å². The van der Waals surface area contributed by atoms with Gasteiger partial charge in [0.25, 0.3) is 0 Å². The Kier molecular flexibility index (Phi) is 7.27. The molecule has 0 atom stereocenters. The number of esters is 2. The Morgan fingerprint density at radius 2 is 1.75 bits per heavy atom. The van der Waals surface area contributed by atoms with Gasteiger partial charge in [-0.05, 0) is 49.8 Å². The molecule has 0 unspecified atom stereocenters. The highest BCUT2D eigenvalue weighted by atomic mass is 16.5. The predicted molar refractivity (Wildman–Crippen MR) is 93.2 cm³/mol. The van der Waals surface area contributed by atoms with Gasteiger partial charge in [-0.25, -0.2) is 9.59 Å². The molecule has 0 amide bonds. The van der Waals surface area contributed by atoms with Crippen molar-refractivity contribution in [1.29, 1.82) is 0 Å². The van der Waals surface area contributed by atoms with Crippen molar-refractivity contribution in [3.05, 3.63) is 54.1 Å². The summed E-state index contributed by atoms with van der Waals surface area (Å²) in [6, 6.07) is 9.40. The smallest absolute Gasteiger partial charge is 0.331 e. The Bertz CT molecular complexity index is 595. The van der Waals surface area contributed by atoms with Gasteiger partial charge in [0.1, 0.15) is 6.10 Å². The van der Waals surface area contributed by atoms with Crippen LogP contribution in [0.3, 0.4) is 0 Å². The molecule has 1 aromatic rings. The van der Waals surface area contributed by atoms with Crippen molar-refractivity contribution in [2.45, 2.75) is 45.1 Å². The third-order valence-electron chi connectivity index (χ3n) is 3.90. The van der Waals surface area contributed by atoms with Crippen LogP contribution in [-0.4, -0.2) is 24.6 Å². The normalized spacial score (nSPS) is 16.1. The fraction of sp³-hybridized carbons (Fsp3) is 0.400. The number of allylic oxidation sites excluding steroid dienone is 2. The lowest BCUT2D eigenvalue weighted by molar-refractivity contribution is -0.144. The number of benzene rings is 1. The number of ether oxygens (including phenoxy) is 2. The van der Waals surface area contributed by atoms with Crippen molar-refractivity contribution in [3.63, 3.8) is 0 Å². The number of carbonyl (C=O) groups excluding carboxylic acids is 2. The maximum atomic E-state index is 12.0. The molecule has 1 aliphatic rings. The van der Waals surface area contributed by atoms with Gasteiger partial charge in [0.2, 0.25) is 0 Å². The minimum absolute atomic E-state index is 0.0186. The van der Waals surface area contributed by atoms with Crippen LogP contribution < -0.4 is 0 Å². The van der Waals surface area contributed by atoms with Crippen LogP contribution in [0, 0.1) is 0 Å². The number of hydrogen-bond donors (Lipinski definition) is 0. The molecule has 0 N–H and O–H groups in total. The van der Waals surface area contributed by atoms with Crippen LogP contribution in [0.1, 0.15) is 44.6 Å². The molecule has 4 nitrogen and oxygen atoms in total. The topological polar surface area (TPSA) is 52.6 Å². The van der Waals surface area contributed by atoms with Crippen LogP contribution in [-0.2, 0) is 19.1 Å². The summed E-state index contributed by atoms with van der Waals surface area (Å²) in [5.41, 5.74) is 1.46. The van der Waals surface area contributed by atoms with Crippen LogP contribution in [0.4, 0.5) is 0 Å². The minimum Gasteiger partial charge on any atom is -0.463 e. The summed E-state index contributed by atoms with van der Waals surface area (Å²) < 4.78 is 10.4. The average Bonchev–Trinajstić information content (AvgIpc) is 2.60. The molecule has 0 aliphatic heterocycles. The Labute approximate surface area is 143 Å². The lowest BCUT2D eigenvalue weighted by Gasteiger charge is -2.20. The van der Waals surface area contributed by atoms with E-state index in [1.165, 1.54) is 18.6 Å². The molecule has 0 bridgehead atoms. The van der Waals surface area contributed by atoms with E-state index in [-0.39, 0.29) is 12.1 Å². The first kappa shape index (κ1) is 18.0. The highest BCUT2D eigenvalue weighted by Crippen LogP contribution is 2.21. The second kappa shape index (κ2) is 9.71. The quantitative estimate of drug-likeness (QED) is 0.449. The fourth-order valence-corrected chi connectivity index (χ4v) is 2.71. The minimum atomic E-state index is -0.429. The Morgan fingerprint density at radius 3 is 2.42 bits per heavy atom. The zero-order chi connectivity index (χ0) is 17.2. The van der Waals surface area contributed by atoms with Gasteiger partial charge in [-0.3, -0.25) is 0 Å². The zero-order valence-corrected chi connectivity index (χ0v) is 14.1. The van der Waals surface area contributed by atoms with E-state index in [4.69, 9.17) is 9.47 Å². The van der Waals surface area contributed by atoms with E-state index in [0.29, 0.717) is 12.2 Å². The average molecular weight is 328 g/mol. The van der Waals surface area contributed by atoms with Gasteiger partial charge in [0, 0.05) is 12.2 Å². The summed E-state index contributed by atoms with van der Waals surface area (Å²) in [5.74, 6) is -0.797. The summed E-state index contributed by atoms with van der Waals surface area (Å²) in [6.45, 7) is 2.07. The second-order valence-electron chi connectivity index (χ2n) is 5.75. The number of rotatable bonds is 6. The molecule has 128 valence electrons. The molecular formula is C20H24O4. The van der Waals surface area contributed by atoms with Crippen molar-refractivity contribution in [1.82, 2.24) is 0 Å². The molecule has 1 saturated carbocycles. The van der Waals surface area contributed by atoms with E-state index < -0.39 is 5.97 Å². The van der Waals surface area contributed by atoms with Crippen molar-refractivity contribution >= 4 is 17.5 Å². The Balaban J connectivity index is 2.06. The molecule has 2 rings (SSSR count). The molecule has 0 radical (unpaired) electrons. The summed E-state index contributed by atoms with van der Waals surface area (Å²) in [4.78, 5) is 23.7. The highest BCUT2D eigenvalue weighted by Gasteiger charge is 2.16. The summed E-state index contributed by atoms with van der Waals surface area (Å²) in [7, 11) is 0. The van der Waals surface area contributed by atoms with Gasteiger partial charge in [0.15, 0.2) is 0 Å². The third-order valence-corrected chi connectivity index (χ3v) is 3.90. The van der Waals surface area contributed by atoms with E-state index in [1.807, 2.05) is 30.3 Å². The molecule has 24 heavy (non-hydrogen) atoms. The molecule has 1 aromatic carbocycles. The van der Waals surface area contributed by atoms with Crippen LogP contribution in [0.15, 0.2) is 48.6 Å². The largest absolute Gasteiger partial charge is 0.463 e. The first-order valence-corrected chi connectivity index (χ1v) is 8.51. The molecule has 0 heterocycles. The molecule has 1 fully saturated rings. The molecule has 1 aliphatic carbocycles. The van der Waals surface area contributed by atoms with Gasteiger partial charge in [-0.1, -0.05) is 36.8 Å². The Hall–Kier alpha value is -2.36. The molecule has 0 saturated heterocycles. The first-order chi connectivity index (χ1) is 11.7. The highest BCUT2D eigenvalue weighted by molar-refractivity contribution is 5.96. The lowest BCUT2D eigenvalue weighted by atomic mass is 9.98. The fourth-order valence-electron chi connectivity index (χ4n) is 2.71. The van der Waals surface area contributed by atoms with Gasteiger partial charge in [-0.2, -0.15) is 0 Å². The van der Waals surface area contributed by atoms with Crippen LogP contribution in [0.25, 0.3) is 5.57 Å².